The van der Waals surface area contributed by atoms with E-state index in [2.05, 4.69) is 40.9 Å². The van der Waals surface area contributed by atoms with Crippen LogP contribution in [0.15, 0.2) is 71.4 Å². The summed E-state index contributed by atoms with van der Waals surface area (Å²) in [6.45, 7) is 3.09. The van der Waals surface area contributed by atoms with E-state index in [0.717, 1.165) is 31.7 Å². The van der Waals surface area contributed by atoms with E-state index in [0.29, 0.717) is 18.7 Å². The Morgan fingerprint density at radius 3 is 2.67 bits per heavy atom. The lowest BCUT2D eigenvalue weighted by Crippen LogP contribution is -2.41. The van der Waals surface area contributed by atoms with Crippen LogP contribution in [0.5, 0.6) is 5.75 Å². The van der Waals surface area contributed by atoms with Crippen molar-refractivity contribution >= 4 is 23.3 Å². The molecule has 0 radical (unpaired) electrons. The van der Waals surface area contributed by atoms with Crippen molar-refractivity contribution in [3.63, 3.8) is 0 Å². The maximum absolute atomic E-state index is 13.3. The lowest BCUT2D eigenvalue weighted by Gasteiger charge is -2.31. The van der Waals surface area contributed by atoms with E-state index in [-0.39, 0.29) is 17.8 Å². The molecule has 1 aromatic heterocycles. The largest absolute Gasteiger partial charge is 0.490 e. The molecule has 0 aliphatic carbocycles. The Hall–Kier alpha value is -2.96. The molecule has 0 unspecified atom stereocenters. The predicted octanol–water partition coefficient (Wildman–Crippen LogP) is 5.60. The van der Waals surface area contributed by atoms with Gasteiger partial charge in [0.1, 0.15) is 17.7 Å². The van der Waals surface area contributed by atoms with E-state index in [4.69, 9.17) is 4.74 Å². The molecule has 0 bridgehead atoms. The van der Waals surface area contributed by atoms with E-state index >= 15 is 0 Å². The Labute approximate surface area is 198 Å². The number of halogens is 1. The third-order valence-electron chi connectivity index (χ3n) is 5.71. The van der Waals surface area contributed by atoms with E-state index in [1.807, 2.05) is 17.0 Å². The zero-order valence-electron chi connectivity index (χ0n) is 18.8. The lowest BCUT2D eigenvalue weighted by molar-refractivity contribution is -0.127. The van der Waals surface area contributed by atoms with Crippen LogP contribution >= 0.6 is 11.3 Å². The molecule has 1 amide bonds. The van der Waals surface area contributed by atoms with Crippen LogP contribution in [0, 0.1) is 5.82 Å². The van der Waals surface area contributed by atoms with Crippen molar-refractivity contribution in [2.75, 3.05) is 20.1 Å². The number of hydrogen-bond acceptors (Lipinski definition) is 4. The molecule has 0 N–H and O–H groups in total. The van der Waals surface area contributed by atoms with Gasteiger partial charge in [0.15, 0.2) is 0 Å². The van der Waals surface area contributed by atoms with Crippen molar-refractivity contribution in [2.45, 2.75) is 32.0 Å². The summed E-state index contributed by atoms with van der Waals surface area (Å²) in [5.41, 5.74) is 3.24. The molecule has 4 nitrogen and oxygen atoms in total. The number of hydrogen-bond donors (Lipinski definition) is 0. The Balaban J connectivity index is 1.25. The topological polar surface area (TPSA) is 32.8 Å². The number of rotatable bonds is 8. The smallest absolute Gasteiger partial charge is 0.246 e. The van der Waals surface area contributed by atoms with Gasteiger partial charge in [-0.15, -0.1) is 0 Å². The Kier molecular flexibility index (Phi) is 7.92. The van der Waals surface area contributed by atoms with E-state index < -0.39 is 0 Å². The van der Waals surface area contributed by atoms with Crippen LogP contribution in [0.1, 0.15) is 29.5 Å². The highest BCUT2D eigenvalue weighted by Gasteiger charge is 2.23. The van der Waals surface area contributed by atoms with Gasteiger partial charge in [0.25, 0.3) is 0 Å². The lowest BCUT2D eigenvalue weighted by atomic mass is 10.1. The summed E-state index contributed by atoms with van der Waals surface area (Å²) >= 11 is 1.73. The summed E-state index contributed by atoms with van der Waals surface area (Å²) in [6.07, 6.45) is 4.87. The van der Waals surface area contributed by atoms with Gasteiger partial charge in [-0.25, -0.2) is 4.39 Å². The zero-order valence-corrected chi connectivity index (χ0v) is 19.6. The molecule has 2 aromatic carbocycles. The number of ether oxygens (including phenoxy) is 1. The van der Waals surface area contributed by atoms with Crippen LogP contribution in [0.2, 0.25) is 0 Å². The first-order valence-electron chi connectivity index (χ1n) is 11.2. The predicted molar refractivity (Wildman–Crippen MR) is 132 cm³/mol. The number of thiophene rings is 1. The fraction of sp³-hybridized carbons (Fsp3) is 0.296. The van der Waals surface area contributed by atoms with Crippen LogP contribution < -0.4 is 4.74 Å². The van der Waals surface area contributed by atoms with Crippen LogP contribution in [-0.4, -0.2) is 41.9 Å². The Morgan fingerprint density at radius 2 is 1.91 bits per heavy atom. The van der Waals surface area contributed by atoms with Crippen molar-refractivity contribution in [1.29, 1.82) is 0 Å². The second-order valence-corrected chi connectivity index (χ2v) is 9.26. The molecule has 4 rings (SSSR count). The van der Waals surface area contributed by atoms with Gasteiger partial charge < -0.3 is 9.64 Å². The number of likely N-dealkylation sites (tertiary alicyclic amines) is 1. The highest BCUT2D eigenvalue weighted by atomic mass is 32.1. The van der Waals surface area contributed by atoms with Gasteiger partial charge in [0, 0.05) is 45.1 Å². The molecule has 0 spiro atoms. The number of nitrogens with zero attached hydrogens (tertiary/aromatic N) is 2. The van der Waals surface area contributed by atoms with E-state index in [9.17, 15) is 9.18 Å². The van der Waals surface area contributed by atoms with Gasteiger partial charge in [0.05, 0.1) is 0 Å². The number of carbonyl (C=O) groups is 1. The maximum atomic E-state index is 13.3. The Bertz CT molecular complexity index is 1080. The van der Waals surface area contributed by atoms with Gasteiger partial charge >= 0.3 is 0 Å². The monoisotopic (exact) mass is 464 g/mol. The number of carbonyl (C=O) groups excluding carboxylic acids is 1. The van der Waals surface area contributed by atoms with Crippen molar-refractivity contribution in [3.05, 3.63) is 93.9 Å². The zero-order chi connectivity index (χ0) is 23.0. The van der Waals surface area contributed by atoms with Gasteiger partial charge in [-0.3, -0.25) is 9.69 Å². The molecule has 2 heterocycles. The molecule has 0 saturated carbocycles. The van der Waals surface area contributed by atoms with Crippen LogP contribution in [0.4, 0.5) is 4.39 Å². The fourth-order valence-electron chi connectivity index (χ4n) is 4.05. The van der Waals surface area contributed by atoms with Gasteiger partial charge in [0.2, 0.25) is 5.91 Å². The summed E-state index contributed by atoms with van der Waals surface area (Å²) in [4.78, 5) is 16.6. The highest BCUT2D eigenvalue weighted by molar-refractivity contribution is 7.07. The first-order valence-corrected chi connectivity index (χ1v) is 12.2. The second-order valence-electron chi connectivity index (χ2n) is 8.48. The SMILES string of the molecule is CN(Cc1ccsc1)Cc1cccc(OC2CCN(C(=O)C=Cc3cccc(F)c3)CC2)c1. The minimum atomic E-state index is -0.305. The number of amides is 1. The molecule has 172 valence electrons. The van der Waals surface area contributed by atoms with Crippen molar-refractivity contribution in [2.24, 2.45) is 0 Å². The summed E-state index contributed by atoms with van der Waals surface area (Å²) in [6, 6.07) is 16.7. The highest BCUT2D eigenvalue weighted by Crippen LogP contribution is 2.22. The quantitative estimate of drug-likeness (QED) is 0.407. The summed E-state index contributed by atoms with van der Waals surface area (Å²) in [5.74, 6) is 0.529. The summed E-state index contributed by atoms with van der Waals surface area (Å²) in [5, 5.41) is 4.29. The molecule has 0 atom stereocenters. The molecular formula is C27H29FN2O2S. The minimum Gasteiger partial charge on any atom is -0.490 e. The molecule has 1 fully saturated rings. The van der Waals surface area contributed by atoms with E-state index in [1.165, 1.54) is 29.3 Å². The molecule has 1 aliphatic rings. The third kappa shape index (κ3) is 7.01. The Morgan fingerprint density at radius 1 is 1.12 bits per heavy atom. The number of benzene rings is 2. The second kappa shape index (κ2) is 11.3. The van der Waals surface area contributed by atoms with Crippen molar-refractivity contribution in [3.8, 4) is 5.75 Å². The molecular weight excluding hydrogens is 435 g/mol. The minimum absolute atomic E-state index is 0.0478. The average Bonchev–Trinajstić information content (AvgIpc) is 3.31. The summed E-state index contributed by atoms with van der Waals surface area (Å²) < 4.78 is 19.5. The number of piperidine rings is 1. The molecule has 33 heavy (non-hydrogen) atoms. The van der Waals surface area contributed by atoms with Crippen LogP contribution in [-0.2, 0) is 17.9 Å². The molecule has 1 aliphatic heterocycles. The molecule has 1 saturated heterocycles. The first-order chi connectivity index (χ1) is 16.0. The van der Waals surface area contributed by atoms with Crippen molar-refractivity contribution in [1.82, 2.24) is 9.80 Å². The van der Waals surface area contributed by atoms with Gasteiger partial charge in [-0.2, -0.15) is 11.3 Å². The van der Waals surface area contributed by atoms with Gasteiger partial charge in [-0.1, -0.05) is 24.3 Å². The van der Waals surface area contributed by atoms with Crippen LogP contribution in [0.3, 0.4) is 0 Å². The van der Waals surface area contributed by atoms with Gasteiger partial charge in [-0.05, 0) is 70.9 Å². The first kappa shape index (κ1) is 23.2. The third-order valence-corrected chi connectivity index (χ3v) is 6.44. The van der Waals surface area contributed by atoms with Crippen LogP contribution in [0.25, 0.3) is 6.08 Å². The van der Waals surface area contributed by atoms with Crippen molar-refractivity contribution < 1.29 is 13.9 Å². The maximum Gasteiger partial charge on any atom is 0.246 e. The molecule has 3 aromatic rings. The standard InChI is InChI=1S/C27H29FN2O2S/c1-29(19-23-12-15-33-20-23)18-22-5-3-7-26(17-22)32-25-10-13-30(14-11-25)27(31)9-8-21-4-2-6-24(28)16-21/h2-9,12,15-17,20,25H,10-11,13-14,18-19H2,1H3. The summed E-state index contributed by atoms with van der Waals surface area (Å²) in [7, 11) is 2.13. The fourth-order valence-corrected chi connectivity index (χ4v) is 4.71. The van der Waals surface area contributed by atoms with E-state index in [1.54, 1.807) is 29.5 Å². The molecule has 6 heteroatoms. The average molecular weight is 465 g/mol. The normalized spacial score (nSPS) is 14.8.